The van der Waals surface area contributed by atoms with Crippen LogP contribution in [0.2, 0.25) is 0 Å². The van der Waals surface area contributed by atoms with Crippen LogP contribution in [0.4, 0.5) is 0 Å². The second-order valence-electron chi connectivity index (χ2n) is 7.81. The van der Waals surface area contributed by atoms with Gasteiger partial charge in [0.2, 0.25) is 5.91 Å². The van der Waals surface area contributed by atoms with Crippen LogP contribution < -0.4 is 15.4 Å². The molecule has 2 rings (SSSR count). The number of benzene rings is 1. The maximum atomic E-state index is 12.7. The molecule has 0 radical (unpaired) electrons. The van der Waals surface area contributed by atoms with Crippen LogP contribution in [0.1, 0.15) is 39.2 Å². The molecular formula is C20H32N2O3. The quantitative estimate of drug-likeness (QED) is 0.743. The molecule has 1 aliphatic heterocycles. The molecule has 0 saturated carbocycles. The van der Waals surface area contributed by atoms with Gasteiger partial charge >= 0.3 is 0 Å². The Bertz CT molecular complexity index is 555. The Balaban J connectivity index is 1.88. The molecule has 0 unspecified atom stereocenters. The average molecular weight is 348 g/mol. The predicted molar refractivity (Wildman–Crippen MR) is 100 cm³/mol. The number of ether oxygens (including phenoxy) is 2. The van der Waals surface area contributed by atoms with Gasteiger partial charge in [0.05, 0.1) is 18.6 Å². The van der Waals surface area contributed by atoms with Crippen molar-refractivity contribution in [3.05, 3.63) is 29.8 Å². The van der Waals surface area contributed by atoms with Gasteiger partial charge in [0.15, 0.2) is 0 Å². The fourth-order valence-electron chi connectivity index (χ4n) is 3.34. The zero-order valence-corrected chi connectivity index (χ0v) is 16.0. The Hall–Kier alpha value is -1.59. The molecule has 1 aromatic carbocycles. The molecule has 5 nitrogen and oxygen atoms in total. The summed E-state index contributed by atoms with van der Waals surface area (Å²) in [5.41, 5.74) is 0.788. The van der Waals surface area contributed by atoms with Gasteiger partial charge in [-0.05, 0) is 43.0 Å². The lowest BCUT2D eigenvalue weighted by Gasteiger charge is -2.35. The molecule has 1 heterocycles. The number of carbonyl (C=O) groups excluding carboxylic acids is 1. The Kier molecular flexibility index (Phi) is 6.85. The lowest BCUT2D eigenvalue weighted by Crippen LogP contribution is -2.50. The highest BCUT2D eigenvalue weighted by Crippen LogP contribution is 2.31. The molecule has 25 heavy (non-hydrogen) atoms. The normalized spacial score (nSPS) is 17.1. The molecule has 140 valence electrons. The molecule has 0 aromatic heterocycles. The Morgan fingerprint density at radius 2 is 1.92 bits per heavy atom. The van der Waals surface area contributed by atoms with Gasteiger partial charge in [-0.15, -0.1) is 0 Å². The van der Waals surface area contributed by atoms with Gasteiger partial charge in [0.1, 0.15) is 12.4 Å². The summed E-state index contributed by atoms with van der Waals surface area (Å²) in [5.74, 6) is 0.960. The van der Waals surface area contributed by atoms with Gasteiger partial charge in [-0.25, -0.2) is 0 Å². The first-order chi connectivity index (χ1) is 11.9. The highest BCUT2D eigenvalue weighted by molar-refractivity contribution is 5.83. The first kappa shape index (κ1) is 19.7. The molecule has 2 N–H and O–H groups in total. The van der Waals surface area contributed by atoms with Gasteiger partial charge in [-0.1, -0.05) is 39.0 Å². The molecule has 0 spiro atoms. The summed E-state index contributed by atoms with van der Waals surface area (Å²) in [5, 5.41) is 6.34. The van der Waals surface area contributed by atoms with E-state index >= 15 is 0 Å². The molecule has 1 aromatic rings. The molecular weight excluding hydrogens is 316 g/mol. The fourth-order valence-corrected chi connectivity index (χ4v) is 3.34. The number of carbonyl (C=O) groups is 1. The lowest BCUT2D eigenvalue weighted by molar-refractivity contribution is -0.136. The van der Waals surface area contributed by atoms with Crippen LogP contribution in [-0.4, -0.2) is 45.9 Å². The van der Waals surface area contributed by atoms with Crippen LogP contribution in [-0.2, 0) is 14.9 Å². The summed E-state index contributed by atoms with van der Waals surface area (Å²) in [6, 6.07) is 8.09. The number of nitrogens with one attached hydrogen (secondary N) is 2. The van der Waals surface area contributed by atoms with E-state index < -0.39 is 5.41 Å². The van der Waals surface area contributed by atoms with Crippen molar-refractivity contribution in [3.63, 3.8) is 0 Å². The van der Waals surface area contributed by atoms with E-state index in [9.17, 15) is 4.79 Å². The smallest absolute Gasteiger partial charge is 0.228 e. The van der Waals surface area contributed by atoms with E-state index in [1.54, 1.807) is 7.11 Å². The van der Waals surface area contributed by atoms with Crippen LogP contribution in [0.3, 0.4) is 0 Å². The van der Waals surface area contributed by atoms with E-state index in [2.05, 4.69) is 37.5 Å². The summed E-state index contributed by atoms with van der Waals surface area (Å²) in [6.07, 6.45) is 1.61. The first-order valence-corrected chi connectivity index (χ1v) is 9.09. The summed E-state index contributed by atoms with van der Waals surface area (Å²) >= 11 is 0. The minimum absolute atomic E-state index is 0.0253. The molecule has 1 amide bonds. The molecule has 0 aliphatic carbocycles. The first-order valence-electron chi connectivity index (χ1n) is 9.09. The molecule has 5 heteroatoms. The maximum absolute atomic E-state index is 12.7. The minimum atomic E-state index is -0.413. The minimum Gasteiger partial charge on any atom is -0.491 e. The molecule has 1 saturated heterocycles. The highest BCUT2D eigenvalue weighted by atomic mass is 16.5. The van der Waals surface area contributed by atoms with Gasteiger partial charge in [-0.2, -0.15) is 0 Å². The second-order valence-corrected chi connectivity index (χ2v) is 7.81. The van der Waals surface area contributed by atoms with Crippen LogP contribution in [0.25, 0.3) is 0 Å². The van der Waals surface area contributed by atoms with Gasteiger partial charge in [-0.3, -0.25) is 4.79 Å². The number of piperidine rings is 1. The van der Waals surface area contributed by atoms with Crippen molar-refractivity contribution in [2.24, 2.45) is 5.41 Å². The second kappa shape index (κ2) is 8.68. The summed E-state index contributed by atoms with van der Waals surface area (Å²) in [7, 11) is 1.66. The van der Waals surface area contributed by atoms with Crippen molar-refractivity contribution >= 4 is 5.91 Å². The topological polar surface area (TPSA) is 59.6 Å². The third kappa shape index (κ3) is 5.19. The van der Waals surface area contributed by atoms with E-state index in [4.69, 9.17) is 9.47 Å². The van der Waals surface area contributed by atoms with Crippen molar-refractivity contribution in [1.82, 2.24) is 10.6 Å². The standard InChI is InChI=1S/C20H32N2O3/c1-19(2,3)16-7-5-6-8-17(16)25-14-13-22-18(23)20(15-24-4)9-11-21-12-10-20/h5-8,21H,9-15H2,1-4H3,(H,22,23). The molecule has 0 bridgehead atoms. The Morgan fingerprint density at radius 3 is 2.56 bits per heavy atom. The third-order valence-corrected chi connectivity index (χ3v) is 4.80. The zero-order valence-electron chi connectivity index (χ0n) is 16.0. The Labute approximate surface area is 151 Å². The van der Waals surface area contributed by atoms with Crippen molar-refractivity contribution in [1.29, 1.82) is 0 Å². The number of amides is 1. The van der Waals surface area contributed by atoms with E-state index in [1.807, 2.05) is 18.2 Å². The molecule has 0 atom stereocenters. The summed E-state index contributed by atoms with van der Waals surface area (Å²) < 4.78 is 11.3. The van der Waals surface area contributed by atoms with Gasteiger partial charge in [0, 0.05) is 7.11 Å². The van der Waals surface area contributed by atoms with Crippen molar-refractivity contribution in [2.75, 3.05) is 40.0 Å². The highest BCUT2D eigenvalue weighted by Gasteiger charge is 2.39. The number of para-hydroxylation sites is 1. The van der Waals surface area contributed by atoms with E-state index in [1.165, 1.54) is 5.56 Å². The number of hydrogen-bond donors (Lipinski definition) is 2. The third-order valence-electron chi connectivity index (χ3n) is 4.80. The average Bonchev–Trinajstić information content (AvgIpc) is 2.59. The number of hydrogen-bond acceptors (Lipinski definition) is 4. The molecule has 1 fully saturated rings. The van der Waals surface area contributed by atoms with Crippen molar-refractivity contribution in [3.8, 4) is 5.75 Å². The maximum Gasteiger partial charge on any atom is 0.228 e. The van der Waals surface area contributed by atoms with Crippen LogP contribution in [0.5, 0.6) is 5.75 Å². The summed E-state index contributed by atoms with van der Waals surface area (Å²) in [4.78, 5) is 12.7. The van der Waals surface area contributed by atoms with Crippen LogP contribution in [0.15, 0.2) is 24.3 Å². The van der Waals surface area contributed by atoms with Crippen molar-refractivity contribution < 1.29 is 14.3 Å². The number of rotatable bonds is 7. The summed E-state index contributed by atoms with van der Waals surface area (Å²) in [6.45, 7) is 9.64. The van der Waals surface area contributed by atoms with Crippen molar-refractivity contribution in [2.45, 2.75) is 39.0 Å². The fraction of sp³-hybridized carbons (Fsp3) is 0.650. The molecule has 1 aliphatic rings. The van der Waals surface area contributed by atoms with Crippen LogP contribution >= 0.6 is 0 Å². The number of methoxy groups -OCH3 is 1. The van der Waals surface area contributed by atoms with E-state index in [0.717, 1.165) is 31.7 Å². The Morgan fingerprint density at radius 1 is 1.24 bits per heavy atom. The predicted octanol–water partition coefficient (Wildman–Crippen LogP) is 2.50. The SMILES string of the molecule is COCC1(C(=O)NCCOc2ccccc2C(C)(C)C)CCNCC1. The van der Waals surface area contributed by atoms with Crippen LogP contribution in [0, 0.1) is 5.41 Å². The largest absolute Gasteiger partial charge is 0.491 e. The van der Waals surface area contributed by atoms with E-state index in [-0.39, 0.29) is 11.3 Å². The van der Waals surface area contributed by atoms with Gasteiger partial charge in [0.25, 0.3) is 0 Å². The zero-order chi connectivity index (χ0) is 18.3. The van der Waals surface area contributed by atoms with E-state index in [0.29, 0.717) is 19.8 Å². The monoisotopic (exact) mass is 348 g/mol. The van der Waals surface area contributed by atoms with Gasteiger partial charge < -0.3 is 20.1 Å². The lowest BCUT2D eigenvalue weighted by atomic mass is 9.78.